The maximum absolute atomic E-state index is 11.3. The van der Waals surface area contributed by atoms with Crippen LogP contribution in [0.25, 0.3) is 0 Å². The van der Waals surface area contributed by atoms with Gasteiger partial charge >= 0.3 is 5.97 Å². The lowest BCUT2D eigenvalue weighted by molar-refractivity contribution is -0.137. The number of nitrogens with zero attached hydrogens (tertiary/aromatic N) is 1. The maximum Gasteiger partial charge on any atom is 0.330 e. The van der Waals surface area contributed by atoms with Crippen molar-refractivity contribution >= 4 is 23.0 Å². The summed E-state index contributed by atoms with van der Waals surface area (Å²) in [6.07, 6.45) is 1.98. The molecule has 1 unspecified atom stereocenters. The van der Waals surface area contributed by atoms with E-state index in [9.17, 15) is 4.79 Å². The minimum Gasteiger partial charge on any atom is -0.463 e. The molecule has 3 aromatic carbocycles. The minimum absolute atomic E-state index is 0.290. The van der Waals surface area contributed by atoms with E-state index in [4.69, 9.17) is 4.74 Å². The van der Waals surface area contributed by atoms with Gasteiger partial charge in [-0.15, -0.1) is 0 Å². The average molecular weight is 428 g/mol. The fourth-order valence-corrected chi connectivity index (χ4v) is 3.69. The molecule has 0 amide bonds. The lowest BCUT2D eigenvalue weighted by Crippen LogP contribution is -2.11. The molecule has 1 atom stereocenters. The highest BCUT2D eigenvalue weighted by Crippen LogP contribution is 2.37. The molecule has 0 saturated carbocycles. The van der Waals surface area contributed by atoms with Crippen LogP contribution in [0.15, 0.2) is 73.3 Å². The van der Waals surface area contributed by atoms with Crippen LogP contribution in [0.1, 0.15) is 47.1 Å². The summed E-state index contributed by atoms with van der Waals surface area (Å²) in [6, 6.07) is 21.9. The maximum atomic E-state index is 11.3. The zero-order chi connectivity index (χ0) is 23.3. The van der Waals surface area contributed by atoms with Crippen LogP contribution in [0.5, 0.6) is 0 Å². The smallest absolute Gasteiger partial charge is 0.330 e. The molecule has 0 radical (unpaired) electrons. The number of aryl methyl sites for hydroxylation is 4. The summed E-state index contributed by atoms with van der Waals surface area (Å²) in [7, 11) is 0. The average Bonchev–Trinajstić information content (AvgIpc) is 2.79. The first-order chi connectivity index (χ1) is 15.3. The molecule has 0 aliphatic carbocycles. The van der Waals surface area contributed by atoms with Crippen LogP contribution < -0.4 is 4.90 Å². The second-order valence-electron chi connectivity index (χ2n) is 8.53. The number of esters is 1. The monoisotopic (exact) mass is 427 g/mol. The van der Waals surface area contributed by atoms with Crippen molar-refractivity contribution in [1.82, 2.24) is 0 Å². The quantitative estimate of drug-likeness (QED) is 0.274. The van der Waals surface area contributed by atoms with Crippen LogP contribution in [-0.4, -0.2) is 12.6 Å². The first-order valence-electron chi connectivity index (χ1n) is 11.1. The number of carbonyl (C=O) groups is 1. The summed E-state index contributed by atoms with van der Waals surface area (Å²) in [5.74, 6) is -0.0803. The molecule has 0 aliphatic rings. The Morgan fingerprint density at radius 1 is 0.844 bits per heavy atom. The number of carbonyl (C=O) groups excluding carboxylic acids is 1. The molecule has 0 bridgehead atoms. The molecule has 166 valence electrons. The number of rotatable bonds is 8. The van der Waals surface area contributed by atoms with Crippen molar-refractivity contribution in [2.75, 3.05) is 11.5 Å². The van der Waals surface area contributed by atoms with E-state index in [1.54, 1.807) is 0 Å². The van der Waals surface area contributed by atoms with Crippen LogP contribution in [-0.2, 0) is 9.53 Å². The fourth-order valence-electron chi connectivity index (χ4n) is 3.69. The van der Waals surface area contributed by atoms with E-state index in [0.29, 0.717) is 12.5 Å². The Balaban J connectivity index is 1.91. The second kappa shape index (κ2) is 10.3. The van der Waals surface area contributed by atoms with Gasteiger partial charge in [-0.25, -0.2) is 4.79 Å². The van der Waals surface area contributed by atoms with Gasteiger partial charge < -0.3 is 9.64 Å². The lowest BCUT2D eigenvalue weighted by atomic mass is 9.97. The predicted molar refractivity (Wildman–Crippen MR) is 134 cm³/mol. The SMILES string of the molecule is C=CC(=O)OCCC(C)c1ccc(N(c2ccc(C)c(C)c2)c2ccc(C)c(C)c2)cc1. The van der Waals surface area contributed by atoms with Crippen molar-refractivity contribution in [2.24, 2.45) is 0 Å². The Labute approximate surface area is 192 Å². The third-order valence-electron chi connectivity index (χ3n) is 6.18. The Bertz CT molecular complexity index is 1050. The van der Waals surface area contributed by atoms with Crippen LogP contribution in [0, 0.1) is 27.7 Å². The summed E-state index contributed by atoms with van der Waals surface area (Å²) in [4.78, 5) is 13.6. The highest BCUT2D eigenvalue weighted by molar-refractivity contribution is 5.81. The van der Waals surface area contributed by atoms with Crippen LogP contribution in [0.2, 0.25) is 0 Å². The van der Waals surface area contributed by atoms with Crippen molar-refractivity contribution in [3.05, 3.63) is 101 Å². The highest BCUT2D eigenvalue weighted by atomic mass is 16.5. The van der Waals surface area contributed by atoms with Crippen molar-refractivity contribution < 1.29 is 9.53 Å². The van der Waals surface area contributed by atoms with Crippen molar-refractivity contribution in [1.29, 1.82) is 0 Å². The molecule has 0 fully saturated rings. The zero-order valence-electron chi connectivity index (χ0n) is 19.8. The molecule has 3 aromatic rings. The van der Waals surface area contributed by atoms with E-state index < -0.39 is 0 Å². The van der Waals surface area contributed by atoms with Gasteiger partial charge in [0.25, 0.3) is 0 Å². The third-order valence-corrected chi connectivity index (χ3v) is 6.18. The molecular weight excluding hydrogens is 394 g/mol. The first kappa shape index (κ1) is 23.3. The summed E-state index contributed by atoms with van der Waals surface area (Å²) < 4.78 is 5.14. The molecule has 0 saturated heterocycles. The van der Waals surface area contributed by atoms with Crippen molar-refractivity contribution in [3.63, 3.8) is 0 Å². The summed E-state index contributed by atoms with van der Waals surface area (Å²) in [5, 5.41) is 0. The Morgan fingerprint density at radius 3 is 1.81 bits per heavy atom. The molecule has 32 heavy (non-hydrogen) atoms. The number of hydrogen-bond donors (Lipinski definition) is 0. The van der Waals surface area contributed by atoms with Gasteiger partial charge in [-0.05, 0) is 104 Å². The molecule has 0 heterocycles. The predicted octanol–water partition coefficient (Wildman–Crippen LogP) is 7.61. The summed E-state index contributed by atoms with van der Waals surface area (Å²) in [6.45, 7) is 14.6. The van der Waals surface area contributed by atoms with E-state index in [0.717, 1.165) is 23.5 Å². The van der Waals surface area contributed by atoms with Crippen LogP contribution in [0.4, 0.5) is 17.1 Å². The van der Waals surface area contributed by atoms with Gasteiger partial charge in [0.2, 0.25) is 0 Å². The minimum atomic E-state index is -0.370. The van der Waals surface area contributed by atoms with Gasteiger partial charge in [-0.2, -0.15) is 0 Å². The summed E-state index contributed by atoms with van der Waals surface area (Å²) in [5.41, 5.74) is 9.76. The number of hydrogen-bond acceptors (Lipinski definition) is 3. The van der Waals surface area contributed by atoms with Crippen LogP contribution >= 0.6 is 0 Å². The standard InChI is InChI=1S/C29H33NO2/c1-7-29(31)32-17-16-22(4)25-10-14-26(15-11-25)30(27-12-8-20(2)23(5)18-27)28-13-9-21(3)24(6)19-28/h7-15,18-19,22H,1,16-17H2,2-6H3. The van der Waals surface area contributed by atoms with Crippen LogP contribution in [0.3, 0.4) is 0 Å². The first-order valence-corrected chi connectivity index (χ1v) is 11.1. The van der Waals surface area contributed by atoms with Gasteiger partial charge in [0.15, 0.2) is 0 Å². The molecule has 3 nitrogen and oxygen atoms in total. The van der Waals surface area contributed by atoms with E-state index in [2.05, 4.69) is 107 Å². The number of anilines is 3. The molecule has 0 aliphatic heterocycles. The van der Waals surface area contributed by atoms with Gasteiger partial charge in [-0.3, -0.25) is 0 Å². The van der Waals surface area contributed by atoms with E-state index >= 15 is 0 Å². The zero-order valence-corrected chi connectivity index (χ0v) is 19.8. The molecule has 3 heteroatoms. The van der Waals surface area contributed by atoms with Gasteiger partial charge in [-0.1, -0.05) is 37.8 Å². The van der Waals surface area contributed by atoms with Gasteiger partial charge in [0.05, 0.1) is 6.61 Å². The fraction of sp³-hybridized carbons (Fsp3) is 0.276. The van der Waals surface area contributed by atoms with E-state index in [1.807, 2.05) is 0 Å². The lowest BCUT2D eigenvalue weighted by Gasteiger charge is -2.27. The summed E-state index contributed by atoms with van der Waals surface area (Å²) >= 11 is 0. The molecule has 0 aromatic heterocycles. The van der Waals surface area contributed by atoms with E-state index in [1.165, 1.54) is 33.9 Å². The molecular formula is C29H33NO2. The molecule has 0 spiro atoms. The Morgan fingerprint density at radius 2 is 1.34 bits per heavy atom. The molecule has 0 N–H and O–H groups in total. The van der Waals surface area contributed by atoms with Crippen molar-refractivity contribution in [2.45, 2.75) is 47.0 Å². The second-order valence-corrected chi connectivity index (χ2v) is 8.53. The number of ether oxygens (including phenoxy) is 1. The van der Waals surface area contributed by atoms with Gasteiger partial charge in [0.1, 0.15) is 0 Å². The normalized spacial score (nSPS) is 11.7. The third kappa shape index (κ3) is 5.47. The Hall–Kier alpha value is -3.33. The van der Waals surface area contributed by atoms with Gasteiger partial charge in [0, 0.05) is 23.1 Å². The molecule has 3 rings (SSSR count). The topological polar surface area (TPSA) is 29.5 Å². The largest absolute Gasteiger partial charge is 0.463 e. The number of benzene rings is 3. The van der Waals surface area contributed by atoms with E-state index in [-0.39, 0.29) is 5.97 Å². The Kier molecular flexibility index (Phi) is 7.53. The highest BCUT2D eigenvalue weighted by Gasteiger charge is 2.15. The van der Waals surface area contributed by atoms with Crippen molar-refractivity contribution in [3.8, 4) is 0 Å².